The second-order valence-corrected chi connectivity index (χ2v) is 10.6. The number of ether oxygens (including phenoxy) is 2. The molecule has 0 saturated heterocycles. The second-order valence-electron chi connectivity index (χ2n) is 10.3. The quantitative estimate of drug-likeness (QED) is 0.260. The molecule has 4 heterocycles. The summed E-state index contributed by atoms with van der Waals surface area (Å²) in [6.07, 6.45) is -5.88. The maximum absolute atomic E-state index is 15.4. The molecule has 1 aromatic carbocycles. The molecule has 1 atom stereocenters. The molecule has 0 radical (unpaired) electrons. The smallest absolute Gasteiger partial charge is 0.418 e. The number of halogens is 5. The van der Waals surface area contributed by atoms with Gasteiger partial charge in [-0.3, -0.25) is 9.48 Å². The zero-order valence-corrected chi connectivity index (χ0v) is 24.5. The third-order valence-electron chi connectivity index (χ3n) is 7.27. The Morgan fingerprint density at radius 1 is 1.28 bits per heavy atom. The zero-order chi connectivity index (χ0) is 31.2. The molecule has 0 bridgehead atoms. The van der Waals surface area contributed by atoms with Gasteiger partial charge in [0.05, 0.1) is 54.0 Å². The molecule has 2 aliphatic heterocycles. The van der Waals surface area contributed by atoms with Gasteiger partial charge in [0, 0.05) is 50.3 Å². The molecule has 0 fully saturated rings. The van der Waals surface area contributed by atoms with Crippen LogP contribution < -0.4 is 15.4 Å². The molecule has 0 saturated carbocycles. The first kappa shape index (κ1) is 30.4. The van der Waals surface area contributed by atoms with Gasteiger partial charge in [-0.05, 0) is 19.4 Å². The number of amides is 1. The number of nitrogens with two attached hydrogens (primary N) is 1. The number of carbonyl (C=O) groups is 1. The first-order valence-electron chi connectivity index (χ1n) is 13.2. The van der Waals surface area contributed by atoms with Crippen LogP contribution in [0, 0.1) is 17.7 Å². The highest BCUT2D eigenvalue weighted by Crippen LogP contribution is 2.44. The van der Waals surface area contributed by atoms with Gasteiger partial charge < -0.3 is 25.0 Å². The molecule has 2 N–H and O–H groups in total. The van der Waals surface area contributed by atoms with Gasteiger partial charge in [0.15, 0.2) is 11.5 Å². The topological polar surface area (TPSA) is 112 Å². The van der Waals surface area contributed by atoms with Crippen LogP contribution in [0.2, 0.25) is 5.02 Å². The van der Waals surface area contributed by atoms with Gasteiger partial charge in [0.25, 0.3) is 5.91 Å². The van der Waals surface area contributed by atoms with E-state index in [1.807, 2.05) is 4.90 Å². The van der Waals surface area contributed by atoms with Crippen molar-refractivity contribution >= 4 is 29.0 Å². The standard InChI is InChI=1S/C28H28ClF4N7O3/c1-5-7-14-10-16(34)23(30)20(21(14)28(31,32)33)19-11-17-15(13-43-19)25(36-27(35-17)42-4)39-8-6-9-40-18(12-39)22(29)24(37-40)26(41)38(2)3/h10,19H,6,8-9,11-13,34H2,1-4H3. The molecule has 2 aliphatic rings. The Morgan fingerprint density at radius 3 is 2.67 bits per heavy atom. The minimum absolute atomic E-state index is 0.0247. The van der Waals surface area contributed by atoms with Crippen molar-refractivity contribution < 1.29 is 31.8 Å². The van der Waals surface area contributed by atoms with Crippen LogP contribution in [0.4, 0.5) is 29.1 Å². The van der Waals surface area contributed by atoms with Crippen LogP contribution in [-0.4, -0.2) is 58.3 Å². The van der Waals surface area contributed by atoms with E-state index in [0.29, 0.717) is 42.3 Å². The van der Waals surface area contributed by atoms with Gasteiger partial charge in [0.2, 0.25) is 0 Å². The van der Waals surface area contributed by atoms with Crippen LogP contribution in [0.25, 0.3) is 0 Å². The lowest BCUT2D eigenvalue weighted by atomic mass is 9.91. The van der Waals surface area contributed by atoms with Gasteiger partial charge in [-0.15, -0.1) is 5.92 Å². The van der Waals surface area contributed by atoms with Crippen LogP contribution in [0.5, 0.6) is 6.01 Å². The molecule has 3 aromatic rings. The summed E-state index contributed by atoms with van der Waals surface area (Å²) in [5.74, 6) is 3.68. The van der Waals surface area contributed by atoms with Crippen molar-refractivity contribution in [3.8, 4) is 17.9 Å². The number of nitrogen functional groups attached to an aromatic ring is 1. The average Bonchev–Trinajstić information content (AvgIpc) is 3.12. The predicted molar refractivity (Wildman–Crippen MR) is 149 cm³/mol. The van der Waals surface area contributed by atoms with Crippen molar-refractivity contribution in [3.05, 3.63) is 56.2 Å². The maximum atomic E-state index is 15.4. The number of hydrogen-bond acceptors (Lipinski definition) is 8. The molecule has 0 spiro atoms. The summed E-state index contributed by atoms with van der Waals surface area (Å²) in [6, 6.07) is 0.855. The highest BCUT2D eigenvalue weighted by atomic mass is 35.5. The van der Waals surface area contributed by atoms with Gasteiger partial charge >= 0.3 is 12.2 Å². The lowest BCUT2D eigenvalue weighted by Crippen LogP contribution is -2.29. The largest absolute Gasteiger partial charge is 0.467 e. The predicted octanol–water partition coefficient (Wildman–Crippen LogP) is 4.37. The molecule has 228 valence electrons. The second kappa shape index (κ2) is 11.5. The van der Waals surface area contributed by atoms with Gasteiger partial charge in [-0.2, -0.15) is 28.2 Å². The number of rotatable bonds is 4. The van der Waals surface area contributed by atoms with Crippen LogP contribution in [0.3, 0.4) is 0 Å². The lowest BCUT2D eigenvalue weighted by molar-refractivity contribution is -0.140. The minimum atomic E-state index is -4.93. The van der Waals surface area contributed by atoms with Gasteiger partial charge in [-0.1, -0.05) is 17.5 Å². The molecule has 43 heavy (non-hydrogen) atoms. The van der Waals surface area contributed by atoms with E-state index >= 15 is 4.39 Å². The van der Waals surface area contributed by atoms with Crippen molar-refractivity contribution in [3.63, 3.8) is 0 Å². The van der Waals surface area contributed by atoms with E-state index < -0.39 is 40.5 Å². The summed E-state index contributed by atoms with van der Waals surface area (Å²) in [4.78, 5) is 24.8. The van der Waals surface area contributed by atoms with Gasteiger partial charge in [-0.25, -0.2) is 4.39 Å². The Labute approximate surface area is 249 Å². The molecule has 1 unspecified atom stereocenters. The fourth-order valence-corrected chi connectivity index (χ4v) is 5.60. The van der Waals surface area contributed by atoms with Crippen molar-refractivity contribution in [2.24, 2.45) is 0 Å². The minimum Gasteiger partial charge on any atom is -0.467 e. The number of hydrogen-bond donors (Lipinski definition) is 1. The Kier molecular flexibility index (Phi) is 8.15. The summed E-state index contributed by atoms with van der Waals surface area (Å²) < 4.78 is 71.1. The summed E-state index contributed by atoms with van der Waals surface area (Å²) in [5, 5.41) is 4.65. The zero-order valence-electron chi connectivity index (χ0n) is 23.8. The number of anilines is 2. The maximum Gasteiger partial charge on any atom is 0.418 e. The number of aryl methyl sites for hydroxylation is 1. The molecule has 0 aliphatic carbocycles. The van der Waals surface area contributed by atoms with E-state index in [-0.39, 0.29) is 42.2 Å². The summed E-state index contributed by atoms with van der Waals surface area (Å²) in [7, 11) is 4.58. The Morgan fingerprint density at radius 2 is 2.02 bits per heavy atom. The van der Waals surface area contributed by atoms with Crippen LogP contribution >= 0.6 is 11.6 Å². The fourth-order valence-electron chi connectivity index (χ4n) is 5.32. The highest BCUT2D eigenvalue weighted by molar-refractivity contribution is 6.34. The van der Waals surface area contributed by atoms with Gasteiger partial charge in [0.1, 0.15) is 5.82 Å². The fraction of sp³-hybridized carbons (Fsp3) is 0.429. The molecular weight excluding hydrogens is 594 g/mol. The average molecular weight is 622 g/mol. The summed E-state index contributed by atoms with van der Waals surface area (Å²) >= 11 is 6.62. The first-order chi connectivity index (χ1) is 20.3. The Balaban J connectivity index is 1.56. The van der Waals surface area contributed by atoms with Crippen molar-refractivity contribution in [1.29, 1.82) is 0 Å². The number of carbonyl (C=O) groups excluding carboxylic acids is 1. The van der Waals surface area contributed by atoms with Crippen molar-refractivity contribution in [1.82, 2.24) is 24.6 Å². The normalized spacial score (nSPS) is 16.5. The van der Waals surface area contributed by atoms with Crippen LogP contribution in [-0.2, 0) is 37.0 Å². The monoisotopic (exact) mass is 621 g/mol. The van der Waals surface area contributed by atoms with E-state index in [4.69, 9.17) is 26.8 Å². The third-order valence-corrected chi connectivity index (χ3v) is 7.67. The van der Waals surface area contributed by atoms with E-state index in [1.54, 1.807) is 18.8 Å². The van der Waals surface area contributed by atoms with Crippen LogP contribution in [0.15, 0.2) is 6.07 Å². The molecule has 10 nitrogen and oxygen atoms in total. The molecular formula is C28H28ClF4N7O3. The van der Waals surface area contributed by atoms with Crippen molar-refractivity contribution in [2.45, 2.75) is 51.7 Å². The third kappa shape index (κ3) is 5.54. The first-order valence-corrected chi connectivity index (χ1v) is 13.6. The van der Waals surface area contributed by atoms with E-state index in [1.165, 1.54) is 18.9 Å². The highest BCUT2D eigenvalue weighted by Gasteiger charge is 2.42. The Bertz CT molecular complexity index is 1660. The number of methoxy groups -OCH3 is 1. The SMILES string of the molecule is CC#Cc1cc(N)c(F)c(C2Cc3nc(OC)nc(N4CCCn5nc(C(=O)N(C)C)c(Cl)c5C4)c3CO2)c1C(F)(F)F. The number of nitrogens with zero attached hydrogens (tertiary/aromatic N) is 6. The Hall–Kier alpha value is -4.09. The molecule has 5 rings (SSSR count). The van der Waals surface area contributed by atoms with Crippen LogP contribution in [0.1, 0.15) is 63.6 Å². The van der Waals surface area contributed by atoms with E-state index in [9.17, 15) is 18.0 Å². The van der Waals surface area contributed by atoms with Crippen molar-refractivity contribution in [2.75, 3.05) is 38.4 Å². The number of benzene rings is 1. The number of alkyl halides is 3. The van der Waals surface area contributed by atoms with E-state index in [2.05, 4.69) is 26.9 Å². The number of fused-ring (bicyclic) bond motifs is 2. The molecule has 1 amide bonds. The number of aromatic nitrogens is 4. The summed E-state index contributed by atoms with van der Waals surface area (Å²) in [5.41, 5.74) is 4.49. The lowest BCUT2D eigenvalue weighted by Gasteiger charge is -2.31. The summed E-state index contributed by atoms with van der Waals surface area (Å²) in [6.45, 7) is 2.39. The molecule has 2 aromatic heterocycles. The molecule has 15 heteroatoms. The van der Waals surface area contributed by atoms with E-state index in [0.717, 1.165) is 6.07 Å².